The Kier molecular flexibility index (Phi) is 6.08. The molecule has 0 saturated carbocycles. The summed E-state index contributed by atoms with van der Waals surface area (Å²) in [4.78, 5) is 4.09. The largest absolute Gasteiger partial charge is 0.492 e. The first-order valence-corrected chi connectivity index (χ1v) is 6.02. The van der Waals surface area contributed by atoms with Gasteiger partial charge in [-0.1, -0.05) is 23.8 Å². The molecule has 0 heterocycles. The van der Waals surface area contributed by atoms with E-state index >= 15 is 0 Å². The Hall–Kier alpha value is -1.68. The Labute approximate surface area is 112 Å². The van der Waals surface area contributed by atoms with Gasteiger partial charge in [0.25, 0.3) is 0 Å². The molecule has 0 aliphatic heterocycles. The first-order chi connectivity index (χ1) is 8.58. The van der Waals surface area contributed by atoms with Gasteiger partial charge in [0.15, 0.2) is 5.96 Å². The van der Waals surface area contributed by atoms with Crippen LogP contribution >= 0.6 is 11.6 Å². The summed E-state index contributed by atoms with van der Waals surface area (Å²) in [7, 11) is 0. The van der Waals surface area contributed by atoms with Gasteiger partial charge in [0.2, 0.25) is 0 Å². The summed E-state index contributed by atoms with van der Waals surface area (Å²) in [6, 6.07) is 7.21. The summed E-state index contributed by atoms with van der Waals surface area (Å²) in [5, 5.41) is 3.65. The fraction of sp³-hybridized carbons (Fsp3) is 0.308. The minimum absolute atomic E-state index is 0.401. The fourth-order valence-electron chi connectivity index (χ4n) is 1.15. The molecule has 1 rings (SSSR count). The maximum Gasteiger partial charge on any atom is 0.189 e. The Morgan fingerprint density at radius 3 is 2.72 bits per heavy atom. The second-order valence-corrected chi connectivity index (χ2v) is 4.32. The van der Waals surface area contributed by atoms with Crippen LogP contribution in [0.1, 0.15) is 6.92 Å². The Morgan fingerprint density at radius 1 is 1.44 bits per heavy atom. The number of hydrogen-bond donors (Lipinski definition) is 2. The monoisotopic (exact) mass is 267 g/mol. The minimum Gasteiger partial charge on any atom is -0.492 e. The van der Waals surface area contributed by atoms with Crippen LogP contribution in [0, 0.1) is 0 Å². The molecule has 0 aliphatic rings. The van der Waals surface area contributed by atoms with Gasteiger partial charge in [-0.15, -0.1) is 0 Å². The molecule has 1 aromatic carbocycles. The lowest BCUT2D eigenvalue weighted by atomic mass is 10.3. The highest BCUT2D eigenvalue weighted by Crippen LogP contribution is 2.14. The maximum atomic E-state index is 5.77. The van der Waals surface area contributed by atoms with E-state index in [1.54, 1.807) is 12.1 Å². The van der Waals surface area contributed by atoms with E-state index in [1.807, 2.05) is 19.1 Å². The molecule has 1 aromatic rings. The SMILES string of the molecule is C=C(C)CN=C(N)NCCOc1ccc(Cl)cc1. The molecule has 18 heavy (non-hydrogen) atoms. The van der Waals surface area contributed by atoms with Crippen LogP contribution < -0.4 is 15.8 Å². The van der Waals surface area contributed by atoms with E-state index < -0.39 is 0 Å². The van der Waals surface area contributed by atoms with E-state index in [0.717, 1.165) is 11.3 Å². The van der Waals surface area contributed by atoms with E-state index in [1.165, 1.54) is 0 Å². The van der Waals surface area contributed by atoms with Gasteiger partial charge >= 0.3 is 0 Å². The first kappa shape index (κ1) is 14.4. The average Bonchev–Trinajstić information content (AvgIpc) is 2.34. The van der Waals surface area contributed by atoms with Crippen LogP contribution in [0.25, 0.3) is 0 Å². The molecule has 0 saturated heterocycles. The summed E-state index contributed by atoms with van der Waals surface area (Å²) in [6.45, 7) is 7.28. The van der Waals surface area contributed by atoms with Crippen LogP contribution in [-0.4, -0.2) is 25.7 Å². The molecule has 0 atom stereocenters. The van der Waals surface area contributed by atoms with Crippen LogP contribution in [0.3, 0.4) is 0 Å². The molecule has 0 radical (unpaired) electrons. The van der Waals surface area contributed by atoms with Crippen LogP contribution in [0.2, 0.25) is 5.02 Å². The van der Waals surface area contributed by atoms with Crippen molar-refractivity contribution in [3.05, 3.63) is 41.4 Å². The lowest BCUT2D eigenvalue weighted by Crippen LogP contribution is -2.34. The molecule has 0 aromatic heterocycles. The van der Waals surface area contributed by atoms with E-state index in [-0.39, 0.29) is 0 Å². The third-order valence-corrected chi connectivity index (χ3v) is 2.26. The second-order valence-electron chi connectivity index (χ2n) is 3.89. The lowest BCUT2D eigenvalue weighted by molar-refractivity contribution is 0.322. The van der Waals surface area contributed by atoms with Crippen LogP contribution in [0.5, 0.6) is 5.75 Å². The Balaban J connectivity index is 2.20. The van der Waals surface area contributed by atoms with Crippen molar-refractivity contribution in [2.45, 2.75) is 6.92 Å². The number of aliphatic imine (C=N–C) groups is 1. The van der Waals surface area contributed by atoms with E-state index in [2.05, 4.69) is 16.9 Å². The number of ether oxygens (including phenoxy) is 1. The molecule has 0 aliphatic carbocycles. The van der Waals surface area contributed by atoms with Gasteiger partial charge in [-0.2, -0.15) is 0 Å². The predicted molar refractivity (Wildman–Crippen MR) is 76.3 cm³/mol. The summed E-state index contributed by atoms with van der Waals surface area (Å²) < 4.78 is 5.49. The molecule has 4 nitrogen and oxygen atoms in total. The predicted octanol–water partition coefficient (Wildman–Crippen LogP) is 2.20. The number of guanidine groups is 1. The van der Waals surface area contributed by atoms with Crippen molar-refractivity contribution in [2.24, 2.45) is 10.7 Å². The van der Waals surface area contributed by atoms with Crippen molar-refractivity contribution >= 4 is 17.6 Å². The first-order valence-electron chi connectivity index (χ1n) is 5.64. The molecule has 5 heteroatoms. The van der Waals surface area contributed by atoms with Crippen molar-refractivity contribution in [1.29, 1.82) is 0 Å². The molecule has 0 bridgehead atoms. The zero-order valence-corrected chi connectivity index (χ0v) is 11.2. The third kappa shape index (κ3) is 6.15. The van der Waals surface area contributed by atoms with Crippen molar-refractivity contribution in [3.8, 4) is 5.75 Å². The molecular formula is C13H18ClN3O. The molecular weight excluding hydrogens is 250 g/mol. The van der Waals surface area contributed by atoms with Gasteiger partial charge in [-0.25, -0.2) is 4.99 Å². The number of rotatable bonds is 6. The summed E-state index contributed by atoms with van der Waals surface area (Å²) in [5.74, 6) is 1.18. The van der Waals surface area contributed by atoms with Crippen molar-refractivity contribution < 1.29 is 4.74 Å². The second kappa shape index (κ2) is 7.61. The van der Waals surface area contributed by atoms with Gasteiger partial charge < -0.3 is 15.8 Å². The summed E-state index contributed by atoms with van der Waals surface area (Å²) in [6.07, 6.45) is 0. The summed E-state index contributed by atoms with van der Waals surface area (Å²) in [5.41, 5.74) is 6.62. The quantitative estimate of drug-likeness (QED) is 0.360. The summed E-state index contributed by atoms with van der Waals surface area (Å²) >= 11 is 5.77. The maximum absolute atomic E-state index is 5.77. The molecule has 0 fully saturated rings. The minimum atomic E-state index is 0.401. The van der Waals surface area contributed by atoms with Crippen molar-refractivity contribution in [1.82, 2.24) is 5.32 Å². The smallest absolute Gasteiger partial charge is 0.189 e. The zero-order chi connectivity index (χ0) is 13.4. The van der Waals surface area contributed by atoms with Gasteiger partial charge in [-0.3, -0.25) is 0 Å². The highest BCUT2D eigenvalue weighted by molar-refractivity contribution is 6.30. The van der Waals surface area contributed by atoms with Crippen molar-refractivity contribution in [2.75, 3.05) is 19.7 Å². The average molecular weight is 268 g/mol. The molecule has 98 valence electrons. The van der Waals surface area contributed by atoms with Gasteiger partial charge in [0.05, 0.1) is 13.1 Å². The molecule has 0 unspecified atom stereocenters. The van der Waals surface area contributed by atoms with E-state index in [0.29, 0.717) is 30.7 Å². The topological polar surface area (TPSA) is 59.6 Å². The van der Waals surface area contributed by atoms with Crippen molar-refractivity contribution in [3.63, 3.8) is 0 Å². The van der Waals surface area contributed by atoms with E-state index in [9.17, 15) is 0 Å². The van der Waals surface area contributed by atoms with Gasteiger partial charge in [-0.05, 0) is 31.2 Å². The van der Waals surface area contributed by atoms with E-state index in [4.69, 9.17) is 22.1 Å². The van der Waals surface area contributed by atoms with Crippen LogP contribution in [0.15, 0.2) is 41.4 Å². The molecule has 0 amide bonds. The Bertz CT molecular complexity index is 415. The fourth-order valence-corrected chi connectivity index (χ4v) is 1.28. The Morgan fingerprint density at radius 2 is 2.11 bits per heavy atom. The van der Waals surface area contributed by atoms with Gasteiger partial charge in [0, 0.05) is 5.02 Å². The van der Waals surface area contributed by atoms with Crippen LogP contribution in [-0.2, 0) is 0 Å². The van der Waals surface area contributed by atoms with Gasteiger partial charge in [0.1, 0.15) is 12.4 Å². The number of nitrogens with one attached hydrogen (secondary N) is 1. The number of hydrogen-bond acceptors (Lipinski definition) is 2. The number of nitrogens with two attached hydrogens (primary N) is 1. The number of nitrogens with zero attached hydrogens (tertiary/aromatic N) is 1. The molecule has 3 N–H and O–H groups in total. The molecule has 0 spiro atoms. The zero-order valence-electron chi connectivity index (χ0n) is 10.4. The number of halogens is 1. The normalized spacial score (nSPS) is 11.1. The highest BCUT2D eigenvalue weighted by Gasteiger charge is 1.95. The van der Waals surface area contributed by atoms with Crippen LogP contribution in [0.4, 0.5) is 0 Å². The lowest BCUT2D eigenvalue weighted by Gasteiger charge is -2.08. The standard InChI is InChI=1S/C13H18ClN3O/c1-10(2)9-17-13(15)16-7-8-18-12-5-3-11(14)4-6-12/h3-6H,1,7-9H2,2H3,(H3,15,16,17). The third-order valence-electron chi connectivity index (χ3n) is 2.01. The number of benzene rings is 1. The highest BCUT2D eigenvalue weighted by atomic mass is 35.5.